The van der Waals surface area contributed by atoms with Gasteiger partial charge < -0.3 is 10.2 Å². The maximum Gasteiger partial charge on any atom is 0.318 e. The molecule has 3 atom stereocenters. The Morgan fingerprint density at radius 2 is 1.24 bits per heavy atom. The predicted molar refractivity (Wildman–Crippen MR) is 131 cm³/mol. The highest BCUT2D eigenvalue weighted by Crippen LogP contribution is 2.42. The molecule has 2 bridgehead atoms. The molecule has 0 spiro atoms. The highest BCUT2D eigenvalue weighted by molar-refractivity contribution is 5.80. The van der Waals surface area contributed by atoms with Gasteiger partial charge in [-0.25, -0.2) is 4.79 Å². The van der Waals surface area contributed by atoms with E-state index in [0.29, 0.717) is 24.7 Å². The monoisotopic (exact) mass is 437 g/mol. The zero-order valence-electron chi connectivity index (χ0n) is 18.9. The summed E-state index contributed by atoms with van der Waals surface area (Å²) in [6.07, 6.45) is 4.62. The Bertz CT molecular complexity index is 1050. The largest absolute Gasteiger partial charge is 0.323 e. The third-order valence-corrected chi connectivity index (χ3v) is 8.03. The van der Waals surface area contributed by atoms with Crippen LogP contribution in [0, 0.1) is 0 Å². The van der Waals surface area contributed by atoms with Crippen LogP contribution in [-0.2, 0) is 12.1 Å². The van der Waals surface area contributed by atoms with Crippen molar-refractivity contribution in [3.8, 4) is 0 Å². The molecule has 3 aromatic rings. The van der Waals surface area contributed by atoms with E-state index >= 15 is 0 Å². The molecule has 3 fully saturated rings. The van der Waals surface area contributed by atoms with Crippen molar-refractivity contribution in [2.24, 2.45) is 0 Å². The van der Waals surface area contributed by atoms with E-state index in [2.05, 4.69) is 94.0 Å². The minimum absolute atomic E-state index is 0.0728. The van der Waals surface area contributed by atoms with E-state index < -0.39 is 5.54 Å². The van der Waals surface area contributed by atoms with Crippen LogP contribution in [-0.4, -0.2) is 40.5 Å². The topological polar surface area (TPSA) is 35.6 Å². The Kier molecular flexibility index (Phi) is 5.18. The Morgan fingerprint density at radius 3 is 1.79 bits per heavy atom. The van der Waals surface area contributed by atoms with E-state index in [9.17, 15) is 4.79 Å². The average Bonchev–Trinajstić information content (AvgIpc) is 3.33. The molecule has 33 heavy (non-hydrogen) atoms. The normalized spacial score (nSPS) is 26.4. The van der Waals surface area contributed by atoms with E-state index in [0.717, 1.165) is 30.5 Å². The summed E-state index contributed by atoms with van der Waals surface area (Å²) >= 11 is 0. The fraction of sp³-hybridized carbons (Fsp3) is 0.345. The van der Waals surface area contributed by atoms with Crippen LogP contribution >= 0.6 is 0 Å². The first-order valence-electron chi connectivity index (χ1n) is 12.2. The third kappa shape index (κ3) is 3.63. The zero-order chi connectivity index (χ0) is 22.3. The second kappa shape index (κ2) is 8.35. The van der Waals surface area contributed by atoms with Crippen LogP contribution in [0.2, 0.25) is 0 Å². The molecule has 168 valence electrons. The van der Waals surface area contributed by atoms with Gasteiger partial charge >= 0.3 is 6.03 Å². The van der Waals surface area contributed by atoms with Crippen molar-refractivity contribution < 1.29 is 4.79 Å². The maximum absolute atomic E-state index is 13.4. The van der Waals surface area contributed by atoms with Crippen molar-refractivity contribution in [2.45, 2.75) is 55.9 Å². The van der Waals surface area contributed by atoms with Crippen molar-refractivity contribution in [1.82, 2.24) is 15.1 Å². The zero-order valence-corrected chi connectivity index (χ0v) is 18.9. The SMILES string of the molecule is O=C1NC(c2ccccc2)(c2ccccc2)CN1C1C[C@H]2CC[C@@H](C1)N2Cc1ccccc1. The molecular formula is C29H31N3O. The van der Waals surface area contributed by atoms with Gasteiger partial charge in [-0.1, -0.05) is 91.0 Å². The summed E-state index contributed by atoms with van der Waals surface area (Å²) in [7, 11) is 0. The lowest BCUT2D eigenvalue weighted by Gasteiger charge is -2.42. The fourth-order valence-electron chi connectivity index (χ4n) is 6.41. The van der Waals surface area contributed by atoms with Crippen LogP contribution < -0.4 is 5.32 Å². The first kappa shape index (κ1) is 20.5. The number of urea groups is 1. The minimum Gasteiger partial charge on any atom is -0.323 e. The summed E-state index contributed by atoms with van der Waals surface area (Å²) in [5, 5.41) is 3.42. The summed E-state index contributed by atoms with van der Waals surface area (Å²) in [5.41, 5.74) is 3.19. The summed E-state index contributed by atoms with van der Waals surface area (Å²) in [4.78, 5) is 18.3. The molecular weight excluding hydrogens is 406 g/mol. The molecule has 1 unspecified atom stereocenters. The Balaban J connectivity index is 1.25. The van der Waals surface area contributed by atoms with Gasteiger partial charge in [0.1, 0.15) is 5.54 Å². The number of carbonyl (C=O) groups excluding carboxylic acids is 1. The first-order chi connectivity index (χ1) is 16.2. The Morgan fingerprint density at radius 1 is 0.727 bits per heavy atom. The smallest absolute Gasteiger partial charge is 0.318 e. The number of hydrogen-bond acceptors (Lipinski definition) is 2. The lowest BCUT2D eigenvalue weighted by molar-refractivity contribution is 0.0728. The lowest BCUT2D eigenvalue weighted by Crippen LogP contribution is -2.51. The van der Waals surface area contributed by atoms with Gasteiger partial charge in [-0.3, -0.25) is 4.90 Å². The summed E-state index contributed by atoms with van der Waals surface area (Å²) in [5.74, 6) is 0. The quantitative estimate of drug-likeness (QED) is 0.599. The van der Waals surface area contributed by atoms with Crippen molar-refractivity contribution in [3.63, 3.8) is 0 Å². The molecule has 0 aromatic heterocycles. The molecule has 2 amide bonds. The van der Waals surface area contributed by atoms with Crippen LogP contribution in [0.3, 0.4) is 0 Å². The molecule has 3 aromatic carbocycles. The number of benzene rings is 3. The molecule has 0 saturated carbocycles. The molecule has 6 rings (SSSR count). The van der Waals surface area contributed by atoms with Crippen molar-refractivity contribution >= 4 is 6.03 Å². The van der Waals surface area contributed by atoms with Crippen LogP contribution in [0.1, 0.15) is 42.4 Å². The second-order valence-corrected chi connectivity index (χ2v) is 9.86. The van der Waals surface area contributed by atoms with E-state index in [1.54, 1.807) is 0 Å². The summed E-state index contributed by atoms with van der Waals surface area (Å²) in [6.45, 7) is 1.70. The maximum atomic E-state index is 13.4. The molecule has 4 nitrogen and oxygen atoms in total. The van der Waals surface area contributed by atoms with Gasteiger partial charge in [-0.05, 0) is 42.4 Å². The van der Waals surface area contributed by atoms with Gasteiger partial charge in [0.05, 0.1) is 6.54 Å². The van der Waals surface area contributed by atoms with Gasteiger partial charge in [0.15, 0.2) is 0 Å². The molecule has 3 aliphatic rings. The average molecular weight is 438 g/mol. The van der Waals surface area contributed by atoms with Crippen LogP contribution in [0.15, 0.2) is 91.0 Å². The fourth-order valence-corrected chi connectivity index (χ4v) is 6.41. The molecule has 3 heterocycles. The second-order valence-electron chi connectivity index (χ2n) is 9.86. The van der Waals surface area contributed by atoms with Crippen LogP contribution in [0.5, 0.6) is 0 Å². The van der Waals surface area contributed by atoms with E-state index in [-0.39, 0.29) is 6.03 Å². The minimum atomic E-state index is -0.500. The van der Waals surface area contributed by atoms with Crippen molar-refractivity contribution in [3.05, 3.63) is 108 Å². The molecule has 1 N–H and O–H groups in total. The van der Waals surface area contributed by atoms with Gasteiger partial charge in [0, 0.05) is 24.7 Å². The summed E-state index contributed by atoms with van der Waals surface area (Å²) < 4.78 is 0. The number of amides is 2. The number of hydrogen-bond donors (Lipinski definition) is 1. The highest BCUT2D eigenvalue weighted by Gasteiger charge is 2.50. The standard InChI is InChI=1S/C29H31N3O/c33-28-30-29(23-12-6-2-7-13-23,24-14-8-3-9-15-24)21-32(28)27-18-25-16-17-26(19-27)31(25)20-22-10-4-1-5-11-22/h1-15,25-27H,16-21H2,(H,30,33)/t25-,26+,27?. The van der Waals surface area contributed by atoms with E-state index in [1.165, 1.54) is 18.4 Å². The highest BCUT2D eigenvalue weighted by atomic mass is 16.2. The lowest BCUT2D eigenvalue weighted by atomic mass is 9.83. The number of fused-ring (bicyclic) bond motifs is 2. The molecule has 4 heteroatoms. The van der Waals surface area contributed by atoms with Crippen LogP contribution in [0.4, 0.5) is 4.79 Å². The molecule has 0 radical (unpaired) electrons. The first-order valence-corrected chi connectivity index (χ1v) is 12.2. The van der Waals surface area contributed by atoms with Gasteiger partial charge in [0.25, 0.3) is 0 Å². The van der Waals surface area contributed by atoms with Gasteiger partial charge in [0.2, 0.25) is 0 Å². The molecule has 3 saturated heterocycles. The van der Waals surface area contributed by atoms with E-state index in [1.807, 2.05) is 12.1 Å². The van der Waals surface area contributed by atoms with E-state index in [4.69, 9.17) is 0 Å². The molecule has 3 aliphatic heterocycles. The number of nitrogens with one attached hydrogen (secondary N) is 1. The number of rotatable bonds is 5. The van der Waals surface area contributed by atoms with Gasteiger partial charge in [-0.2, -0.15) is 0 Å². The summed E-state index contributed by atoms with van der Waals surface area (Å²) in [6, 6.07) is 33.2. The van der Waals surface area contributed by atoms with Crippen molar-refractivity contribution in [2.75, 3.05) is 6.54 Å². The Hall–Kier alpha value is -3.11. The molecule has 0 aliphatic carbocycles. The third-order valence-electron chi connectivity index (χ3n) is 8.03. The number of piperidine rings is 1. The van der Waals surface area contributed by atoms with Crippen molar-refractivity contribution in [1.29, 1.82) is 0 Å². The Labute approximate surface area is 196 Å². The van der Waals surface area contributed by atoms with Crippen LogP contribution in [0.25, 0.3) is 0 Å². The predicted octanol–water partition coefficient (Wildman–Crippen LogP) is 5.15. The number of carbonyl (C=O) groups is 1. The number of nitrogens with zero attached hydrogens (tertiary/aromatic N) is 2. The van der Waals surface area contributed by atoms with Gasteiger partial charge in [-0.15, -0.1) is 0 Å².